The Morgan fingerprint density at radius 1 is 1.30 bits per heavy atom. The van der Waals surface area contributed by atoms with E-state index in [0.29, 0.717) is 23.4 Å². The number of benzene rings is 1. The van der Waals surface area contributed by atoms with Crippen LogP contribution >= 0.6 is 31.9 Å². The second-order valence-corrected chi connectivity index (χ2v) is 8.72. The van der Waals surface area contributed by atoms with Crippen LogP contribution in [0.4, 0.5) is 0 Å². The predicted molar refractivity (Wildman–Crippen MR) is 92.1 cm³/mol. The van der Waals surface area contributed by atoms with Crippen LogP contribution < -0.4 is 5.32 Å². The first-order valence-corrected chi connectivity index (χ1v) is 8.78. The molecule has 1 saturated heterocycles. The lowest BCUT2D eigenvalue weighted by Gasteiger charge is -2.55. The summed E-state index contributed by atoms with van der Waals surface area (Å²) >= 11 is 7.54. The lowest BCUT2D eigenvalue weighted by atomic mass is 9.58. The molecule has 0 saturated carbocycles. The summed E-state index contributed by atoms with van der Waals surface area (Å²) in [4.78, 5) is 0. The van der Waals surface area contributed by atoms with Gasteiger partial charge in [-0.25, -0.2) is 0 Å². The molecule has 20 heavy (non-hydrogen) atoms. The largest absolute Gasteiger partial charge is 0.306 e. The fraction of sp³-hybridized carbons (Fsp3) is 0.529. The average Bonchev–Trinajstić information content (AvgIpc) is 2.31. The third-order valence-corrected chi connectivity index (χ3v) is 6.18. The molecule has 0 radical (unpaired) electrons. The van der Waals surface area contributed by atoms with Crippen molar-refractivity contribution in [1.82, 2.24) is 5.32 Å². The van der Waals surface area contributed by atoms with Gasteiger partial charge in [0, 0.05) is 26.9 Å². The molecule has 2 aliphatic heterocycles. The molecule has 0 amide bonds. The molecular formula is C17H21Br2N. The summed E-state index contributed by atoms with van der Waals surface area (Å²) in [5, 5.41) is 3.85. The molecule has 1 aromatic carbocycles. The van der Waals surface area contributed by atoms with Crippen molar-refractivity contribution in [3.63, 3.8) is 0 Å². The van der Waals surface area contributed by atoms with Crippen molar-refractivity contribution in [3.05, 3.63) is 44.4 Å². The van der Waals surface area contributed by atoms with Crippen LogP contribution in [0.15, 0.2) is 33.2 Å². The highest BCUT2D eigenvalue weighted by Crippen LogP contribution is 2.58. The molecule has 3 atom stereocenters. The summed E-state index contributed by atoms with van der Waals surface area (Å²) in [6.45, 7) is 11.1. The maximum Gasteiger partial charge on any atom is 0.0342 e. The van der Waals surface area contributed by atoms with Crippen LogP contribution in [-0.4, -0.2) is 6.04 Å². The molecule has 3 aliphatic rings. The van der Waals surface area contributed by atoms with E-state index in [4.69, 9.17) is 0 Å². The Kier molecular flexibility index (Phi) is 3.67. The molecule has 0 unspecified atom stereocenters. The van der Waals surface area contributed by atoms with Gasteiger partial charge in [0.2, 0.25) is 0 Å². The summed E-state index contributed by atoms with van der Waals surface area (Å²) in [7, 11) is 0. The fourth-order valence-electron chi connectivity index (χ4n) is 4.19. The average molecular weight is 399 g/mol. The minimum absolute atomic E-state index is 0.326. The van der Waals surface area contributed by atoms with Crippen LogP contribution in [0.25, 0.3) is 0 Å². The first-order valence-electron chi connectivity index (χ1n) is 7.19. The first-order chi connectivity index (χ1) is 9.31. The summed E-state index contributed by atoms with van der Waals surface area (Å²) < 4.78 is 2.49. The van der Waals surface area contributed by atoms with Crippen LogP contribution in [-0.2, 0) is 0 Å². The van der Waals surface area contributed by atoms with E-state index < -0.39 is 0 Å². The van der Waals surface area contributed by atoms with E-state index in [1.54, 1.807) is 0 Å². The zero-order valence-corrected chi connectivity index (χ0v) is 15.4. The molecule has 3 heteroatoms. The van der Waals surface area contributed by atoms with E-state index in [2.05, 4.69) is 76.7 Å². The molecule has 1 nitrogen and oxygen atoms in total. The zero-order chi connectivity index (χ0) is 14.7. The summed E-state index contributed by atoms with van der Waals surface area (Å²) in [6, 6.07) is 5.28. The first kappa shape index (κ1) is 14.8. The number of nitrogens with one attached hydrogen (secondary N) is 1. The standard InChI is InChI=1S/C17H21Br2N/c1-9(2)7-12-16-15-11(19)6-5-10(18)14(15)13(20-12)8-17(16,3)4/h5-6,12-13,16,20H,1,7-8H2,2-4H3/t12-,13+,16-/m0/s1. The van der Waals surface area contributed by atoms with Crippen LogP contribution in [0.5, 0.6) is 0 Å². The molecule has 0 aromatic heterocycles. The molecule has 1 N–H and O–H groups in total. The molecule has 4 rings (SSSR count). The Morgan fingerprint density at radius 2 is 1.90 bits per heavy atom. The van der Waals surface area contributed by atoms with Crippen molar-refractivity contribution < 1.29 is 0 Å². The Bertz CT molecular complexity index is 577. The number of hydrogen-bond donors (Lipinski definition) is 1. The van der Waals surface area contributed by atoms with Crippen molar-refractivity contribution in [2.24, 2.45) is 5.41 Å². The quantitative estimate of drug-likeness (QED) is 0.629. The molecule has 1 aliphatic carbocycles. The van der Waals surface area contributed by atoms with Crippen LogP contribution in [0, 0.1) is 5.41 Å². The Morgan fingerprint density at radius 3 is 2.50 bits per heavy atom. The number of hydrogen-bond acceptors (Lipinski definition) is 1. The van der Waals surface area contributed by atoms with Gasteiger partial charge in [-0.15, -0.1) is 6.58 Å². The summed E-state index contributed by atoms with van der Waals surface area (Å²) in [5.41, 5.74) is 4.55. The molecule has 1 fully saturated rings. The van der Waals surface area contributed by atoms with E-state index >= 15 is 0 Å². The van der Waals surface area contributed by atoms with Gasteiger partial charge in [0.25, 0.3) is 0 Å². The monoisotopic (exact) mass is 397 g/mol. The normalized spacial score (nSPS) is 30.1. The predicted octanol–water partition coefficient (Wildman–Crippen LogP) is 5.70. The zero-order valence-electron chi connectivity index (χ0n) is 12.3. The maximum absolute atomic E-state index is 4.12. The number of piperidine rings is 1. The highest BCUT2D eigenvalue weighted by atomic mass is 79.9. The molecule has 2 heterocycles. The van der Waals surface area contributed by atoms with Crippen molar-refractivity contribution in [3.8, 4) is 0 Å². The molecule has 108 valence electrons. The topological polar surface area (TPSA) is 12.0 Å². The van der Waals surface area contributed by atoms with Gasteiger partial charge in [-0.3, -0.25) is 0 Å². The maximum atomic E-state index is 4.12. The lowest BCUT2D eigenvalue weighted by Crippen LogP contribution is -2.54. The van der Waals surface area contributed by atoms with Gasteiger partial charge < -0.3 is 5.32 Å². The van der Waals surface area contributed by atoms with E-state index in [-0.39, 0.29) is 0 Å². The minimum atomic E-state index is 0.326. The molecular weight excluding hydrogens is 378 g/mol. The van der Waals surface area contributed by atoms with E-state index in [1.807, 2.05) is 0 Å². The van der Waals surface area contributed by atoms with E-state index in [1.165, 1.54) is 32.1 Å². The Balaban J connectivity index is 2.16. The highest BCUT2D eigenvalue weighted by Gasteiger charge is 2.50. The number of fused-ring (bicyclic) bond motifs is 2. The van der Waals surface area contributed by atoms with Crippen molar-refractivity contribution in [2.45, 2.75) is 51.6 Å². The number of rotatable bonds is 2. The van der Waals surface area contributed by atoms with Gasteiger partial charge in [0.15, 0.2) is 0 Å². The third-order valence-electron chi connectivity index (χ3n) is 4.80. The second kappa shape index (κ2) is 4.96. The van der Waals surface area contributed by atoms with E-state index in [0.717, 1.165) is 6.42 Å². The smallest absolute Gasteiger partial charge is 0.0342 e. The minimum Gasteiger partial charge on any atom is -0.306 e. The van der Waals surface area contributed by atoms with Gasteiger partial charge in [-0.2, -0.15) is 0 Å². The van der Waals surface area contributed by atoms with Crippen LogP contribution in [0.1, 0.15) is 56.7 Å². The van der Waals surface area contributed by atoms with Gasteiger partial charge in [-0.05, 0) is 48.4 Å². The van der Waals surface area contributed by atoms with Gasteiger partial charge in [-0.1, -0.05) is 51.3 Å². The highest BCUT2D eigenvalue weighted by molar-refractivity contribution is 9.11. The second-order valence-electron chi connectivity index (χ2n) is 7.01. The molecule has 2 bridgehead atoms. The Labute approximate surface area is 138 Å². The molecule has 1 aromatic rings. The third kappa shape index (κ3) is 2.22. The lowest BCUT2D eigenvalue weighted by molar-refractivity contribution is 0.102. The van der Waals surface area contributed by atoms with Crippen molar-refractivity contribution in [1.29, 1.82) is 0 Å². The summed E-state index contributed by atoms with van der Waals surface area (Å²) in [6.07, 6.45) is 2.26. The van der Waals surface area contributed by atoms with Gasteiger partial charge in [0.1, 0.15) is 0 Å². The van der Waals surface area contributed by atoms with Crippen LogP contribution in [0.3, 0.4) is 0 Å². The van der Waals surface area contributed by atoms with Crippen molar-refractivity contribution >= 4 is 31.9 Å². The summed E-state index contributed by atoms with van der Waals surface area (Å²) in [5.74, 6) is 0.533. The molecule has 0 spiro atoms. The number of halogens is 2. The van der Waals surface area contributed by atoms with Crippen molar-refractivity contribution in [2.75, 3.05) is 0 Å². The van der Waals surface area contributed by atoms with E-state index in [9.17, 15) is 0 Å². The fourth-order valence-corrected chi connectivity index (χ4v) is 5.41. The SMILES string of the molecule is C=C(C)C[C@@H]1N[C@@H]2CC(C)(C)[C@@H]1c1c(Br)ccc(Br)c12. The van der Waals surface area contributed by atoms with Crippen LogP contribution in [0.2, 0.25) is 0 Å². The Hall–Kier alpha value is -0.120. The van der Waals surface area contributed by atoms with Gasteiger partial charge in [0.05, 0.1) is 0 Å². The van der Waals surface area contributed by atoms with Gasteiger partial charge >= 0.3 is 0 Å².